The summed E-state index contributed by atoms with van der Waals surface area (Å²) in [7, 11) is -0.947. The van der Waals surface area contributed by atoms with Gasteiger partial charge in [-0.3, -0.25) is 13.8 Å². The zero-order chi connectivity index (χ0) is 18.7. The lowest BCUT2D eigenvalue weighted by molar-refractivity contribution is -0.132. The van der Waals surface area contributed by atoms with Crippen LogP contribution in [0, 0.1) is 5.92 Å². The number of aromatic nitrogens is 2. The van der Waals surface area contributed by atoms with E-state index in [4.69, 9.17) is 11.5 Å². The molecule has 9 nitrogen and oxygen atoms in total. The van der Waals surface area contributed by atoms with Crippen molar-refractivity contribution in [2.24, 2.45) is 11.7 Å². The number of rotatable bonds is 4. The standard InChI is InChI=1S/C16H24N6O3S/c17-12(16(24)22-7-8-26(25)9-22)10-1-3-11(4-2-10)21-15(23)13-14(18)20-6-5-19-13/h5-6,10-12H,1-4,7-9,17H2,(H2,18,20)(H,21,23)/t10?,11?,12-,26?/m0/s1. The molecule has 1 saturated carbocycles. The van der Waals surface area contributed by atoms with E-state index in [0.717, 1.165) is 25.7 Å². The molecule has 5 N–H and O–H groups in total. The van der Waals surface area contributed by atoms with Crippen LogP contribution < -0.4 is 16.8 Å². The summed E-state index contributed by atoms with van der Waals surface area (Å²) < 4.78 is 11.5. The van der Waals surface area contributed by atoms with Crippen LogP contribution in [0.5, 0.6) is 0 Å². The number of hydrogen-bond donors (Lipinski definition) is 3. The molecular weight excluding hydrogens is 356 g/mol. The van der Waals surface area contributed by atoms with E-state index in [2.05, 4.69) is 15.3 Å². The Labute approximate surface area is 154 Å². The van der Waals surface area contributed by atoms with Crippen LogP contribution in [0.2, 0.25) is 0 Å². The molecule has 2 aliphatic rings. The van der Waals surface area contributed by atoms with Crippen molar-refractivity contribution in [3.8, 4) is 0 Å². The number of amides is 2. The van der Waals surface area contributed by atoms with Crippen LogP contribution >= 0.6 is 0 Å². The first-order valence-corrected chi connectivity index (χ1v) is 10.2. The van der Waals surface area contributed by atoms with Gasteiger partial charge in [-0.1, -0.05) is 0 Å². The normalized spacial score (nSPS) is 27.1. The van der Waals surface area contributed by atoms with E-state index in [9.17, 15) is 13.8 Å². The molecule has 1 aliphatic heterocycles. The van der Waals surface area contributed by atoms with Gasteiger partial charge in [-0.15, -0.1) is 0 Å². The predicted molar refractivity (Wildman–Crippen MR) is 97.2 cm³/mol. The Morgan fingerprint density at radius 3 is 2.54 bits per heavy atom. The molecular formula is C16H24N6O3S. The van der Waals surface area contributed by atoms with E-state index < -0.39 is 16.8 Å². The van der Waals surface area contributed by atoms with Gasteiger partial charge in [0.2, 0.25) is 5.91 Å². The van der Waals surface area contributed by atoms with Crippen molar-refractivity contribution < 1.29 is 13.8 Å². The Hall–Kier alpha value is -2.07. The molecule has 0 radical (unpaired) electrons. The van der Waals surface area contributed by atoms with E-state index in [1.54, 1.807) is 4.90 Å². The number of carbonyl (C=O) groups excluding carboxylic acids is 2. The molecule has 26 heavy (non-hydrogen) atoms. The fourth-order valence-electron chi connectivity index (χ4n) is 3.50. The summed E-state index contributed by atoms with van der Waals surface area (Å²) in [4.78, 5) is 34.1. The minimum atomic E-state index is -0.947. The minimum absolute atomic E-state index is 0.00162. The Morgan fingerprint density at radius 1 is 1.23 bits per heavy atom. The molecule has 2 amide bonds. The lowest BCUT2D eigenvalue weighted by atomic mass is 9.81. The monoisotopic (exact) mass is 380 g/mol. The molecule has 10 heteroatoms. The SMILES string of the molecule is Nc1nccnc1C(=O)NC1CCC([C@H](N)C(=O)N2CCS(=O)C2)CC1. The molecule has 2 heterocycles. The summed E-state index contributed by atoms with van der Waals surface area (Å²) in [5.41, 5.74) is 12.0. The highest BCUT2D eigenvalue weighted by Gasteiger charge is 2.34. The van der Waals surface area contributed by atoms with E-state index in [0.29, 0.717) is 12.3 Å². The third kappa shape index (κ3) is 4.18. The first-order chi connectivity index (χ1) is 12.5. The Morgan fingerprint density at radius 2 is 1.92 bits per heavy atom. The van der Waals surface area contributed by atoms with Crippen LogP contribution in [-0.4, -0.2) is 61.1 Å². The molecule has 0 aromatic carbocycles. The van der Waals surface area contributed by atoms with Gasteiger partial charge in [-0.05, 0) is 31.6 Å². The average molecular weight is 380 g/mol. The Kier molecular flexibility index (Phi) is 5.82. The van der Waals surface area contributed by atoms with Crippen molar-refractivity contribution in [3.63, 3.8) is 0 Å². The van der Waals surface area contributed by atoms with E-state index >= 15 is 0 Å². The number of anilines is 1. The van der Waals surface area contributed by atoms with Crippen molar-refractivity contribution in [2.75, 3.05) is 23.9 Å². The number of nitrogens with two attached hydrogens (primary N) is 2. The molecule has 1 unspecified atom stereocenters. The maximum atomic E-state index is 12.4. The topological polar surface area (TPSA) is 144 Å². The quantitative estimate of drug-likeness (QED) is 0.621. The minimum Gasteiger partial charge on any atom is -0.382 e. The van der Waals surface area contributed by atoms with Gasteiger partial charge < -0.3 is 21.7 Å². The van der Waals surface area contributed by atoms with Crippen LogP contribution in [0.4, 0.5) is 5.82 Å². The first kappa shape index (κ1) is 18.7. The second-order valence-electron chi connectivity index (χ2n) is 6.78. The van der Waals surface area contributed by atoms with Gasteiger partial charge in [0.15, 0.2) is 11.5 Å². The van der Waals surface area contributed by atoms with Gasteiger partial charge >= 0.3 is 0 Å². The molecule has 2 fully saturated rings. The average Bonchev–Trinajstić information content (AvgIpc) is 3.08. The summed E-state index contributed by atoms with van der Waals surface area (Å²) in [5, 5.41) is 2.93. The number of hydrogen-bond acceptors (Lipinski definition) is 7. The fraction of sp³-hybridized carbons (Fsp3) is 0.625. The molecule has 1 aromatic rings. The molecule has 0 spiro atoms. The Balaban J connectivity index is 1.49. The summed E-state index contributed by atoms with van der Waals surface area (Å²) in [6, 6.07) is -0.570. The van der Waals surface area contributed by atoms with E-state index in [-0.39, 0.29) is 41.2 Å². The second-order valence-corrected chi connectivity index (χ2v) is 8.32. The van der Waals surface area contributed by atoms with E-state index in [1.807, 2.05) is 0 Å². The van der Waals surface area contributed by atoms with Gasteiger partial charge in [0.05, 0.1) is 11.9 Å². The van der Waals surface area contributed by atoms with E-state index in [1.165, 1.54) is 12.4 Å². The molecule has 3 rings (SSSR count). The van der Waals surface area contributed by atoms with Gasteiger partial charge in [-0.25, -0.2) is 9.97 Å². The molecule has 1 aliphatic carbocycles. The lowest BCUT2D eigenvalue weighted by Crippen LogP contribution is -2.49. The smallest absolute Gasteiger partial charge is 0.273 e. The molecule has 1 saturated heterocycles. The predicted octanol–water partition coefficient (Wildman–Crippen LogP) is -0.777. The second kappa shape index (κ2) is 8.09. The van der Waals surface area contributed by atoms with Crippen molar-refractivity contribution in [2.45, 2.75) is 37.8 Å². The van der Waals surface area contributed by atoms with Gasteiger partial charge in [0, 0.05) is 41.5 Å². The Bertz CT molecular complexity index is 707. The highest BCUT2D eigenvalue weighted by atomic mass is 32.2. The molecule has 142 valence electrons. The van der Waals surface area contributed by atoms with Crippen LogP contribution in [0.15, 0.2) is 12.4 Å². The fourth-order valence-corrected chi connectivity index (χ4v) is 4.66. The van der Waals surface area contributed by atoms with Gasteiger partial charge in [0.1, 0.15) is 0 Å². The number of carbonyl (C=O) groups is 2. The van der Waals surface area contributed by atoms with Crippen molar-refractivity contribution in [1.29, 1.82) is 0 Å². The molecule has 2 atom stereocenters. The van der Waals surface area contributed by atoms with Crippen molar-refractivity contribution in [3.05, 3.63) is 18.1 Å². The maximum absolute atomic E-state index is 12.4. The lowest BCUT2D eigenvalue weighted by Gasteiger charge is -2.33. The largest absolute Gasteiger partial charge is 0.382 e. The van der Waals surface area contributed by atoms with Crippen molar-refractivity contribution in [1.82, 2.24) is 20.2 Å². The number of nitrogens with zero attached hydrogens (tertiary/aromatic N) is 3. The third-order valence-corrected chi connectivity index (χ3v) is 6.28. The highest BCUT2D eigenvalue weighted by Crippen LogP contribution is 2.27. The maximum Gasteiger partial charge on any atom is 0.273 e. The van der Waals surface area contributed by atoms with Crippen LogP contribution in [0.3, 0.4) is 0 Å². The zero-order valence-electron chi connectivity index (χ0n) is 14.5. The third-order valence-electron chi connectivity index (χ3n) is 5.04. The summed E-state index contributed by atoms with van der Waals surface area (Å²) in [6.45, 7) is 0.518. The van der Waals surface area contributed by atoms with Crippen molar-refractivity contribution >= 4 is 28.4 Å². The summed E-state index contributed by atoms with van der Waals surface area (Å²) >= 11 is 0. The highest BCUT2D eigenvalue weighted by molar-refractivity contribution is 7.85. The van der Waals surface area contributed by atoms with Gasteiger partial charge in [-0.2, -0.15) is 0 Å². The zero-order valence-corrected chi connectivity index (χ0v) is 15.3. The molecule has 0 bridgehead atoms. The van der Waals surface area contributed by atoms with Crippen LogP contribution in [-0.2, 0) is 15.6 Å². The van der Waals surface area contributed by atoms with Crippen LogP contribution in [0.1, 0.15) is 36.2 Å². The van der Waals surface area contributed by atoms with Gasteiger partial charge in [0.25, 0.3) is 5.91 Å². The number of nitrogen functional groups attached to an aromatic ring is 1. The summed E-state index contributed by atoms with van der Waals surface area (Å²) in [6.07, 6.45) is 5.85. The number of nitrogens with one attached hydrogen (secondary N) is 1. The van der Waals surface area contributed by atoms with Crippen LogP contribution in [0.25, 0.3) is 0 Å². The molecule has 1 aromatic heterocycles. The first-order valence-electron chi connectivity index (χ1n) is 8.72. The summed E-state index contributed by atoms with van der Waals surface area (Å²) in [5.74, 6) is 0.551.